The standard InChI is InChI=1S/C15H21ClIN3O/c1-19(2)7-9-21-10-8-20-14-4-3-12(17)11-13(14)18-15(20)5-6-16/h3-4,11H,5-10H2,1-2H3. The SMILES string of the molecule is CN(C)CCOCCn1c(CCCl)nc2cc(I)ccc21. The number of hydrogen-bond donors (Lipinski definition) is 0. The van der Waals surface area contributed by atoms with Crippen molar-refractivity contribution in [1.29, 1.82) is 0 Å². The summed E-state index contributed by atoms with van der Waals surface area (Å²) in [6.07, 6.45) is 0.782. The number of alkyl halides is 1. The highest BCUT2D eigenvalue weighted by Gasteiger charge is 2.10. The molecule has 0 fully saturated rings. The Morgan fingerprint density at radius 1 is 1.33 bits per heavy atom. The van der Waals surface area contributed by atoms with E-state index in [-0.39, 0.29) is 0 Å². The van der Waals surface area contributed by atoms with Crippen molar-refractivity contribution in [2.24, 2.45) is 0 Å². The van der Waals surface area contributed by atoms with Crippen LogP contribution in [0, 0.1) is 3.57 Å². The number of likely N-dealkylation sites (N-methyl/N-ethyl adjacent to an activating group) is 1. The van der Waals surface area contributed by atoms with Crippen LogP contribution in [0.25, 0.3) is 11.0 Å². The number of aryl methyl sites for hydroxylation is 1. The van der Waals surface area contributed by atoms with E-state index in [0.29, 0.717) is 12.5 Å². The van der Waals surface area contributed by atoms with Crippen molar-refractivity contribution in [1.82, 2.24) is 14.5 Å². The lowest BCUT2D eigenvalue weighted by Gasteiger charge is -2.12. The maximum atomic E-state index is 5.89. The van der Waals surface area contributed by atoms with Crippen molar-refractivity contribution >= 4 is 45.2 Å². The smallest absolute Gasteiger partial charge is 0.111 e. The molecule has 0 atom stereocenters. The van der Waals surface area contributed by atoms with Gasteiger partial charge in [0.15, 0.2) is 0 Å². The van der Waals surface area contributed by atoms with E-state index in [1.807, 2.05) is 14.1 Å². The molecule has 2 rings (SSSR count). The van der Waals surface area contributed by atoms with Crippen LogP contribution in [-0.4, -0.2) is 54.2 Å². The highest BCUT2D eigenvalue weighted by molar-refractivity contribution is 14.1. The Kier molecular flexibility index (Phi) is 6.73. The molecule has 0 unspecified atom stereocenters. The quantitative estimate of drug-likeness (QED) is 0.373. The van der Waals surface area contributed by atoms with Gasteiger partial charge in [-0.1, -0.05) is 0 Å². The van der Waals surface area contributed by atoms with Crippen LogP contribution in [0.2, 0.25) is 0 Å². The summed E-state index contributed by atoms with van der Waals surface area (Å²) in [5.74, 6) is 1.63. The van der Waals surface area contributed by atoms with Gasteiger partial charge in [0.1, 0.15) is 5.82 Å². The first kappa shape index (κ1) is 17.0. The fourth-order valence-electron chi connectivity index (χ4n) is 2.18. The Morgan fingerprint density at radius 3 is 2.86 bits per heavy atom. The summed E-state index contributed by atoms with van der Waals surface area (Å²) in [5, 5.41) is 0. The molecular formula is C15H21ClIN3O. The number of aromatic nitrogens is 2. The molecule has 0 radical (unpaired) electrons. The summed E-state index contributed by atoms with van der Waals surface area (Å²) >= 11 is 8.21. The van der Waals surface area contributed by atoms with Crippen molar-refractivity contribution in [3.05, 3.63) is 27.6 Å². The molecule has 116 valence electrons. The zero-order valence-electron chi connectivity index (χ0n) is 12.5. The average molecular weight is 422 g/mol. The van der Waals surface area contributed by atoms with Crippen molar-refractivity contribution < 1.29 is 4.74 Å². The van der Waals surface area contributed by atoms with Gasteiger partial charge in [0, 0.05) is 29.0 Å². The Bertz CT molecular complexity index is 586. The highest BCUT2D eigenvalue weighted by Crippen LogP contribution is 2.19. The molecule has 0 N–H and O–H groups in total. The third kappa shape index (κ3) is 4.81. The lowest BCUT2D eigenvalue weighted by atomic mass is 10.3. The second kappa shape index (κ2) is 8.31. The molecule has 1 aromatic heterocycles. The minimum absolute atomic E-state index is 0.585. The molecule has 2 aromatic rings. The van der Waals surface area contributed by atoms with Crippen LogP contribution in [0.4, 0.5) is 0 Å². The third-order valence-electron chi connectivity index (χ3n) is 3.25. The summed E-state index contributed by atoms with van der Waals surface area (Å²) in [7, 11) is 4.10. The number of halogens is 2. The number of benzene rings is 1. The second-order valence-electron chi connectivity index (χ2n) is 5.17. The van der Waals surface area contributed by atoms with Crippen molar-refractivity contribution in [3.8, 4) is 0 Å². The molecule has 0 saturated carbocycles. The molecule has 21 heavy (non-hydrogen) atoms. The zero-order valence-corrected chi connectivity index (χ0v) is 15.4. The molecular weight excluding hydrogens is 401 g/mol. The van der Waals surface area contributed by atoms with Crippen LogP contribution in [0.15, 0.2) is 18.2 Å². The van der Waals surface area contributed by atoms with E-state index in [0.717, 1.165) is 43.0 Å². The largest absolute Gasteiger partial charge is 0.378 e. The van der Waals surface area contributed by atoms with Gasteiger partial charge in [-0.2, -0.15) is 0 Å². The van der Waals surface area contributed by atoms with E-state index in [4.69, 9.17) is 21.3 Å². The first-order chi connectivity index (χ1) is 10.1. The fraction of sp³-hybridized carbons (Fsp3) is 0.533. The molecule has 0 amide bonds. The van der Waals surface area contributed by atoms with Crippen LogP contribution in [0.5, 0.6) is 0 Å². The topological polar surface area (TPSA) is 30.3 Å². The van der Waals surface area contributed by atoms with Gasteiger partial charge in [0.2, 0.25) is 0 Å². The van der Waals surface area contributed by atoms with E-state index in [1.54, 1.807) is 0 Å². The molecule has 0 aliphatic rings. The molecule has 0 saturated heterocycles. The minimum atomic E-state index is 0.585. The average Bonchev–Trinajstić information content (AvgIpc) is 2.75. The Labute approximate surface area is 144 Å². The van der Waals surface area contributed by atoms with Gasteiger partial charge in [0.05, 0.1) is 24.2 Å². The predicted molar refractivity (Wildman–Crippen MR) is 96.2 cm³/mol. The van der Waals surface area contributed by atoms with E-state index >= 15 is 0 Å². The fourth-order valence-corrected chi connectivity index (χ4v) is 2.83. The summed E-state index contributed by atoms with van der Waals surface area (Å²) in [6.45, 7) is 3.21. The summed E-state index contributed by atoms with van der Waals surface area (Å²) in [6, 6.07) is 6.34. The highest BCUT2D eigenvalue weighted by atomic mass is 127. The van der Waals surface area contributed by atoms with E-state index in [1.165, 1.54) is 3.57 Å². The van der Waals surface area contributed by atoms with E-state index in [2.05, 4.69) is 50.3 Å². The van der Waals surface area contributed by atoms with Gasteiger partial charge >= 0.3 is 0 Å². The molecule has 4 nitrogen and oxygen atoms in total. The van der Waals surface area contributed by atoms with Crippen LogP contribution in [-0.2, 0) is 17.7 Å². The van der Waals surface area contributed by atoms with Crippen LogP contribution in [0.3, 0.4) is 0 Å². The van der Waals surface area contributed by atoms with Gasteiger partial charge in [-0.3, -0.25) is 0 Å². The molecule has 0 aliphatic carbocycles. The zero-order chi connectivity index (χ0) is 15.2. The molecule has 6 heteroatoms. The first-order valence-electron chi connectivity index (χ1n) is 7.05. The second-order valence-corrected chi connectivity index (χ2v) is 6.79. The van der Waals surface area contributed by atoms with Gasteiger partial charge in [-0.25, -0.2) is 4.98 Å². The van der Waals surface area contributed by atoms with Gasteiger partial charge < -0.3 is 14.2 Å². The lowest BCUT2D eigenvalue weighted by molar-refractivity contribution is 0.111. The van der Waals surface area contributed by atoms with E-state index < -0.39 is 0 Å². The van der Waals surface area contributed by atoms with Gasteiger partial charge in [-0.05, 0) is 54.9 Å². The first-order valence-corrected chi connectivity index (χ1v) is 8.66. The van der Waals surface area contributed by atoms with Crippen LogP contribution < -0.4 is 0 Å². The molecule has 1 heterocycles. The number of ether oxygens (including phenoxy) is 1. The van der Waals surface area contributed by atoms with Crippen molar-refractivity contribution in [3.63, 3.8) is 0 Å². The number of imidazole rings is 1. The third-order valence-corrected chi connectivity index (χ3v) is 4.11. The summed E-state index contributed by atoms with van der Waals surface area (Å²) in [5.41, 5.74) is 2.20. The Balaban J connectivity index is 2.07. The molecule has 1 aromatic carbocycles. The van der Waals surface area contributed by atoms with Crippen LogP contribution in [0.1, 0.15) is 5.82 Å². The van der Waals surface area contributed by atoms with Gasteiger partial charge in [-0.15, -0.1) is 11.6 Å². The minimum Gasteiger partial charge on any atom is -0.378 e. The number of rotatable bonds is 8. The molecule has 0 spiro atoms. The van der Waals surface area contributed by atoms with Crippen molar-refractivity contribution in [2.45, 2.75) is 13.0 Å². The summed E-state index contributed by atoms with van der Waals surface area (Å²) < 4.78 is 9.12. The summed E-state index contributed by atoms with van der Waals surface area (Å²) in [4.78, 5) is 6.82. The van der Waals surface area contributed by atoms with Crippen molar-refractivity contribution in [2.75, 3.05) is 39.7 Å². The van der Waals surface area contributed by atoms with Crippen LogP contribution >= 0.6 is 34.2 Å². The van der Waals surface area contributed by atoms with E-state index in [9.17, 15) is 0 Å². The predicted octanol–water partition coefficient (Wildman–Crippen LogP) is 3.00. The monoisotopic (exact) mass is 421 g/mol. The Morgan fingerprint density at radius 2 is 2.14 bits per heavy atom. The number of nitrogens with zero attached hydrogens (tertiary/aromatic N) is 3. The number of fused-ring (bicyclic) bond motifs is 1. The molecule has 0 bridgehead atoms. The maximum Gasteiger partial charge on any atom is 0.111 e. The maximum absolute atomic E-state index is 5.89. The number of hydrogen-bond acceptors (Lipinski definition) is 3. The van der Waals surface area contributed by atoms with Gasteiger partial charge in [0.25, 0.3) is 0 Å². The molecule has 0 aliphatic heterocycles. The Hall–Kier alpha value is -0.370. The lowest BCUT2D eigenvalue weighted by Crippen LogP contribution is -2.19. The normalized spacial score (nSPS) is 11.7.